The molecule has 0 spiro atoms. The molecule has 1 saturated carbocycles. The molecule has 0 heterocycles. The van der Waals surface area contributed by atoms with Crippen molar-refractivity contribution in [3.8, 4) is 0 Å². The zero-order valence-electron chi connectivity index (χ0n) is 8.84. The highest BCUT2D eigenvalue weighted by Gasteiger charge is 2.45. The summed E-state index contributed by atoms with van der Waals surface area (Å²) in [6.07, 6.45) is 6.66. The van der Waals surface area contributed by atoms with E-state index < -0.39 is 0 Å². The summed E-state index contributed by atoms with van der Waals surface area (Å²) in [7, 11) is 0. The molecule has 1 aromatic rings. The van der Waals surface area contributed by atoms with E-state index in [1.165, 1.54) is 0 Å². The van der Waals surface area contributed by atoms with E-state index in [4.69, 9.17) is 11.6 Å². The van der Waals surface area contributed by atoms with Crippen molar-refractivity contribution < 1.29 is 4.79 Å². The van der Waals surface area contributed by atoms with E-state index in [9.17, 15) is 4.79 Å². The highest BCUT2D eigenvalue weighted by atomic mass is 35.5. The number of hydrogen-bond donors (Lipinski definition) is 0. The molecule has 0 amide bonds. The van der Waals surface area contributed by atoms with Gasteiger partial charge in [0.15, 0.2) is 0 Å². The Kier molecular flexibility index (Phi) is 2.36. The summed E-state index contributed by atoms with van der Waals surface area (Å²) in [6, 6.07) is 7.90. The van der Waals surface area contributed by atoms with Crippen molar-refractivity contribution in [3.05, 3.63) is 47.0 Å². The average molecular weight is 233 g/mol. The normalized spacial score (nSPS) is 35.6. The number of rotatable bonds is 2. The van der Waals surface area contributed by atoms with Crippen LogP contribution in [0.25, 0.3) is 0 Å². The Morgan fingerprint density at radius 3 is 2.69 bits per heavy atom. The maximum atomic E-state index is 11.2. The quantitative estimate of drug-likeness (QED) is 0.564. The minimum Gasteiger partial charge on any atom is -0.303 e. The van der Waals surface area contributed by atoms with Crippen LogP contribution >= 0.6 is 11.6 Å². The summed E-state index contributed by atoms with van der Waals surface area (Å²) in [5.41, 5.74) is 1.14. The third-order valence-corrected chi connectivity index (χ3v) is 4.29. The van der Waals surface area contributed by atoms with Crippen LogP contribution < -0.4 is 0 Å². The van der Waals surface area contributed by atoms with Crippen LogP contribution in [0.1, 0.15) is 17.9 Å². The van der Waals surface area contributed by atoms with Gasteiger partial charge in [-0.15, -0.1) is 0 Å². The monoisotopic (exact) mass is 232 g/mol. The topological polar surface area (TPSA) is 17.1 Å². The summed E-state index contributed by atoms with van der Waals surface area (Å²) in [6.45, 7) is 0. The number of carbonyl (C=O) groups excluding carboxylic acids is 1. The van der Waals surface area contributed by atoms with E-state index in [-0.39, 0.29) is 5.92 Å². The lowest BCUT2D eigenvalue weighted by Crippen LogP contribution is -2.19. The average Bonchev–Trinajstić information content (AvgIpc) is 2.89. The first-order valence-corrected chi connectivity index (χ1v) is 6.07. The fraction of sp³-hybridized carbons (Fsp3) is 0.357. The van der Waals surface area contributed by atoms with Crippen LogP contribution in [0.5, 0.6) is 0 Å². The third kappa shape index (κ3) is 1.35. The Bertz CT molecular complexity index is 452. The standard InChI is InChI=1S/C14H13ClO/c15-13-4-2-1-3-11(13)14-10-6-5-9(7-10)12(14)8-16/h1-6,8-10,12,14H,7H2/t9-,10+,12+,14-/m1/s1. The minimum absolute atomic E-state index is 0.120. The van der Waals surface area contributed by atoms with Gasteiger partial charge in [0.05, 0.1) is 0 Å². The molecule has 3 rings (SSSR count). The molecular formula is C14H13ClO. The van der Waals surface area contributed by atoms with Crippen molar-refractivity contribution >= 4 is 17.9 Å². The summed E-state index contributed by atoms with van der Waals surface area (Å²) in [5.74, 6) is 1.35. The highest BCUT2D eigenvalue weighted by molar-refractivity contribution is 6.31. The van der Waals surface area contributed by atoms with E-state index in [2.05, 4.69) is 18.2 Å². The lowest BCUT2D eigenvalue weighted by atomic mass is 9.79. The lowest BCUT2D eigenvalue weighted by molar-refractivity contribution is -0.112. The zero-order chi connectivity index (χ0) is 11.1. The van der Waals surface area contributed by atoms with E-state index in [0.29, 0.717) is 17.8 Å². The SMILES string of the molecule is O=C[C@@H]1[C@@H](c2ccccc2Cl)[C@H]2C=C[C@@H]1C2. The maximum Gasteiger partial charge on any atom is 0.124 e. The molecule has 0 aliphatic heterocycles. The Labute approximate surface area is 100 Å². The molecule has 0 radical (unpaired) electrons. The van der Waals surface area contributed by atoms with Gasteiger partial charge < -0.3 is 4.79 Å². The Balaban J connectivity index is 2.04. The predicted molar refractivity (Wildman–Crippen MR) is 64.5 cm³/mol. The maximum absolute atomic E-state index is 11.2. The predicted octanol–water partition coefficient (Wildman–Crippen LogP) is 3.44. The van der Waals surface area contributed by atoms with Gasteiger partial charge in [0.1, 0.15) is 6.29 Å². The minimum atomic E-state index is 0.120. The third-order valence-electron chi connectivity index (χ3n) is 3.94. The first-order chi connectivity index (χ1) is 7.81. The first-order valence-electron chi connectivity index (χ1n) is 5.69. The van der Waals surface area contributed by atoms with Gasteiger partial charge in [-0.05, 0) is 29.9 Å². The molecule has 4 atom stereocenters. The molecule has 1 aromatic carbocycles. The van der Waals surface area contributed by atoms with Crippen LogP contribution in [0.4, 0.5) is 0 Å². The molecule has 0 saturated heterocycles. The number of aldehydes is 1. The van der Waals surface area contributed by atoms with E-state index >= 15 is 0 Å². The number of halogens is 1. The zero-order valence-corrected chi connectivity index (χ0v) is 9.60. The van der Waals surface area contributed by atoms with Crippen LogP contribution in [0.3, 0.4) is 0 Å². The Morgan fingerprint density at radius 2 is 1.94 bits per heavy atom. The van der Waals surface area contributed by atoms with E-state index in [0.717, 1.165) is 23.3 Å². The van der Waals surface area contributed by atoms with Gasteiger partial charge in [-0.2, -0.15) is 0 Å². The lowest BCUT2D eigenvalue weighted by Gasteiger charge is -2.24. The molecule has 0 aromatic heterocycles. The fourth-order valence-corrected chi connectivity index (χ4v) is 3.49. The van der Waals surface area contributed by atoms with E-state index in [1.807, 2.05) is 18.2 Å². The van der Waals surface area contributed by atoms with Crippen molar-refractivity contribution in [2.75, 3.05) is 0 Å². The van der Waals surface area contributed by atoms with Crippen LogP contribution in [0, 0.1) is 17.8 Å². The summed E-state index contributed by atoms with van der Waals surface area (Å²) in [4.78, 5) is 11.2. The highest BCUT2D eigenvalue weighted by Crippen LogP contribution is 2.53. The summed E-state index contributed by atoms with van der Waals surface area (Å²) in [5, 5.41) is 0.792. The second-order valence-corrected chi connectivity index (χ2v) is 5.12. The molecule has 1 nitrogen and oxygen atoms in total. The summed E-state index contributed by atoms with van der Waals surface area (Å²) < 4.78 is 0. The van der Waals surface area contributed by atoms with Gasteiger partial charge >= 0.3 is 0 Å². The molecular weight excluding hydrogens is 220 g/mol. The van der Waals surface area contributed by atoms with Crippen LogP contribution in [-0.4, -0.2) is 6.29 Å². The molecule has 82 valence electrons. The Hall–Kier alpha value is -1.08. The molecule has 0 N–H and O–H groups in total. The number of carbonyl (C=O) groups is 1. The van der Waals surface area contributed by atoms with Crippen molar-refractivity contribution in [1.29, 1.82) is 0 Å². The van der Waals surface area contributed by atoms with Gasteiger partial charge in [0.25, 0.3) is 0 Å². The van der Waals surface area contributed by atoms with Gasteiger partial charge in [-0.25, -0.2) is 0 Å². The van der Waals surface area contributed by atoms with Gasteiger partial charge in [0, 0.05) is 16.9 Å². The van der Waals surface area contributed by atoms with Crippen molar-refractivity contribution in [2.45, 2.75) is 12.3 Å². The first kappa shape index (κ1) is 10.1. The molecule has 1 fully saturated rings. The molecule has 16 heavy (non-hydrogen) atoms. The van der Waals surface area contributed by atoms with Gasteiger partial charge in [-0.3, -0.25) is 0 Å². The molecule has 2 bridgehead atoms. The van der Waals surface area contributed by atoms with Crippen LogP contribution in [-0.2, 0) is 4.79 Å². The largest absolute Gasteiger partial charge is 0.303 e. The number of hydrogen-bond acceptors (Lipinski definition) is 1. The van der Waals surface area contributed by atoms with Crippen molar-refractivity contribution in [3.63, 3.8) is 0 Å². The van der Waals surface area contributed by atoms with Gasteiger partial charge in [-0.1, -0.05) is 42.0 Å². The van der Waals surface area contributed by atoms with Crippen molar-refractivity contribution in [2.24, 2.45) is 17.8 Å². The molecule has 2 aliphatic rings. The number of allylic oxidation sites excluding steroid dienone is 2. The number of fused-ring (bicyclic) bond motifs is 2. The van der Waals surface area contributed by atoms with Crippen LogP contribution in [0.2, 0.25) is 5.02 Å². The smallest absolute Gasteiger partial charge is 0.124 e. The molecule has 2 aliphatic carbocycles. The van der Waals surface area contributed by atoms with Crippen molar-refractivity contribution in [1.82, 2.24) is 0 Å². The molecule has 0 unspecified atom stereocenters. The second-order valence-electron chi connectivity index (χ2n) is 4.71. The Morgan fingerprint density at radius 1 is 1.19 bits per heavy atom. The second kappa shape index (κ2) is 3.74. The van der Waals surface area contributed by atoms with Gasteiger partial charge in [0.2, 0.25) is 0 Å². The summed E-state index contributed by atoms with van der Waals surface area (Å²) >= 11 is 6.22. The fourth-order valence-electron chi connectivity index (χ4n) is 3.23. The van der Waals surface area contributed by atoms with E-state index in [1.54, 1.807) is 0 Å². The van der Waals surface area contributed by atoms with Crippen LogP contribution in [0.15, 0.2) is 36.4 Å². The number of benzene rings is 1. The molecule has 2 heteroatoms.